The zero-order valence-corrected chi connectivity index (χ0v) is 29.7. The Bertz CT molecular complexity index is 1750. The molecule has 1 aliphatic carbocycles. The zero-order chi connectivity index (χ0) is 33.0. The molecule has 13 heteroatoms. The van der Waals surface area contributed by atoms with Crippen molar-refractivity contribution in [1.82, 2.24) is 19.7 Å². The Balaban J connectivity index is 1.17. The fourth-order valence-corrected chi connectivity index (χ4v) is 7.61. The number of benzene rings is 2. The van der Waals surface area contributed by atoms with Gasteiger partial charge in [-0.3, -0.25) is 10.6 Å². The molecule has 4 amide bonds. The van der Waals surface area contributed by atoms with Crippen LogP contribution in [0.5, 0.6) is 11.5 Å². The highest BCUT2D eigenvalue weighted by Crippen LogP contribution is 2.42. The molecule has 0 spiro atoms. The normalized spacial score (nSPS) is 15.7. The number of urea groups is 2. The van der Waals surface area contributed by atoms with Crippen molar-refractivity contribution < 1.29 is 14.3 Å². The van der Waals surface area contributed by atoms with Gasteiger partial charge in [0.1, 0.15) is 28.2 Å². The van der Waals surface area contributed by atoms with Crippen molar-refractivity contribution in [2.24, 2.45) is 0 Å². The number of rotatable bonds is 8. The number of hydrogen-bond acceptors (Lipinski definition) is 5. The summed E-state index contributed by atoms with van der Waals surface area (Å²) < 4.78 is 8.73. The third-order valence-electron chi connectivity index (χ3n) is 8.72. The molecule has 246 valence electrons. The van der Waals surface area contributed by atoms with Gasteiger partial charge in [-0.25, -0.2) is 19.3 Å². The van der Waals surface area contributed by atoms with Crippen LogP contribution in [0.25, 0.3) is 5.69 Å². The summed E-state index contributed by atoms with van der Waals surface area (Å²) in [6.45, 7) is 3.49. The third kappa shape index (κ3) is 7.62. The first-order valence-corrected chi connectivity index (χ1v) is 18.0. The van der Waals surface area contributed by atoms with E-state index in [1.807, 2.05) is 37.3 Å². The van der Waals surface area contributed by atoms with E-state index in [2.05, 4.69) is 43.5 Å². The minimum Gasteiger partial charge on any atom is -0.456 e. The number of aryl methyl sites for hydroxylation is 1. The molecule has 3 heterocycles. The quantitative estimate of drug-likeness (QED) is 0.122. The second kappa shape index (κ2) is 14.7. The Labute approximate surface area is 297 Å². The number of hydrogen-bond donors (Lipinski definition) is 3. The molecule has 2 aliphatic rings. The number of carbonyl (C=O) groups excluding carboxylic acids is 2. The number of carbonyl (C=O) groups is 2. The van der Waals surface area contributed by atoms with Crippen LogP contribution in [0, 0.1) is 6.92 Å². The van der Waals surface area contributed by atoms with Gasteiger partial charge in [0, 0.05) is 41.3 Å². The molecule has 0 bridgehead atoms. The minimum atomic E-state index is -0.490. The molecule has 3 N–H and O–H groups in total. The molecule has 2 fully saturated rings. The van der Waals surface area contributed by atoms with E-state index >= 15 is 0 Å². The van der Waals surface area contributed by atoms with Gasteiger partial charge in [0.05, 0.1) is 22.1 Å². The largest absolute Gasteiger partial charge is 0.456 e. The average molecular weight is 789 g/mol. The van der Waals surface area contributed by atoms with E-state index in [0.29, 0.717) is 23.1 Å². The third-order valence-corrected chi connectivity index (χ3v) is 11.0. The van der Waals surface area contributed by atoms with Crippen LogP contribution in [0.4, 0.5) is 26.9 Å². The predicted molar refractivity (Wildman–Crippen MR) is 195 cm³/mol. The van der Waals surface area contributed by atoms with Gasteiger partial charge in [-0.05, 0) is 62.9 Å². The van der Waals surface area contributed by atoms with Crippen molar-refractivity contribution in [2.75, 3.05) is 33.5 Å². The smallest absolute Gasteiger partial charge is 0.324 e. The van der Waals surface area contributed by atoms with Crippen LogP contribution in [0.15, 0.2) is 60.8 Å². The minimum absolute atomic E-state index is 0.0244. The van der Waals surface area contributed by atoms with Gasteiger partial charge in [-0.2, -0.15) is 5.10 Å². The van der Waals surface area contributed by atoms with E-state index in [1.54, 1.807) is 33.8 Å². The predicted octanol–water partition coefficient (Wildman–Crippen LogP) is 9.58. The topological polar surface area (TPSA) is 113 Å². The van der Waals surface area contributed by atoms with Gasteiger partial charge >= 0.3 is 12.1 Å². The molecule has 1 aliphatic heterocycles. The Morgan fingerprint density at radius 1 is 0.915 bits per heavy atom. The van der Waals surface area contributed by atoms with Gasteiger partial charge in [-0.1, -0.05) is 82.8 Å². The van der Waals surface area contributed by atoms with Gasteiger partial charge in [0.15, 0.2) is 0 Å². The maximum atomic E-state index is 13.4. The van der Waals surface area contributed by atoms with Crippen LogP contribution >= 0.6 is 45.8 Å². The maximum Gasteiger partial charge on any atom is 0.324 e. The van der Waals surface area contributed by atoms with E-state index in [4.69, 9.17) is 33.0 Å². The zero-order valence-electron chi connectivity index (χ0n) is 26.0. The van der Waals surface area contributed by atoms with Crippen molar-refractivity contribution in [3.8, 4) is 17.2 Å². The van der Waals surface area contributed by atoms with Crippen LogP contribution < -0.4 is 20.7 Å². The summed E-state index contributed by atoms with van der Waals surface area (Å²) >= 11 is 15.7. The van der Waals surface area contributed by atoms with Crippen molar-refractivity contribution in [3.63, 3.8) is 0 Å². The number of ether oxygens (including phenoxy) is 1. The molecule has 47 heavy (non-hydrogen) atoms. The lowest BCUT2D eigenvalue weighted by molar-refractivity contribution is 0.222. The summed E-state index contributed by atoms with van der Waals surface area (Å²) in [4.78, 5) is 31.8. The molecule has 6 rings (SSSR count). The highest BCUT2D eigenvalue weighted by atomic mass is 127. The van der Waals surface area contributed by atoms with Crippen molar-refractivity contribution in [3.05, 3.63) is 82.1 Å². The van der Waals surface area contributed by atoms with Crippen molar-refractivity contribution in [2.45, 2.75) is 57.3 Å². The number of alkyl halides is 1. The summed E-state index contributed by atoms with van der Waals surface area (Å²) in [6.07, 6.45) is 9.24. The van der Waals surface area contributed by atoms with Crippen LogP contribution in [-0.4, -0.2) is 49.2 Å². The number of amides is 4. The first kappa shape index (κ1) is 33.4. The summed E-state index contributed by atoms with van der Waals surface area (Å²) in [6, 6.07) is 15.8. The van der Waals surface area contributed by atoms with Gasteiger partial charge in [0.25, 0.3) is 0 Å². The van der Waals surface area contributed by atoms with E-state index in [-0.39, 0.29) is 27.2 Å². The van der Waals surface area contributed by atoms with Crippen molar-refractivity contribution in [1.29, 1.82) is 0 Å². The van der Waals surface area contributed by atoms with Crippen LogP contribution in [-0.2, 0) is 5.41 Å². The summed E-state index contributed by atoms with van der Waals surface area (Å²) in [5.74, 6) is 1.61. The first-order chi connectivity index (χ1) is 22.7. The number of halogens is 3. The molecule has 4 aromatic rings. The number of anilines is 3. The second-order valence-corrected chi connectivity index (χ2v) is 13.6. The number of nitrogens with zero attached hydrogens (tertiary/aromatic N) is 4. The molecule has 2 aromatic heterocycles. The highest BCUT2D eigenvalue weighted by Gasteiger charge is 2.36. The summed E-state index contributed by atoms with van der Waals surface area (Å²) in [5, 5.41) is 13.9. The van der Waals surface area contributed by atoms with E-state index in [0.717, 1.165) is 60.1 Å². The Morgan fingerprint density at radius 3 is 2.38 bits per heavy atom. The van der Waals surface area contributed by atoms with E-state index in [1.165, 1.54) is 25.5 Å². The number of aromatic nitrogens is 3. The fourth-order valence-electron chi connectivity index (χ4n) is 6.05. The van der Waals surface area contributed by atoms with Crippen LogP contribution in [0.1, 0.15) is 56.2 Å². The lowest BCUT2D eigenvalue weighted by atomic mass is 9.73. The first-order valence-electron chi connectivity index (χ1n) is 15.7. The SMILES string of the molecule is Cc1ccc(-n2nc(C3(CI)CCCCC3)cc2NC(=O)Nc2ccc(Oc3ccnc(NC(=O)N4CCCC4)c3)c(Cl)c2Cl)cc1. The second-order valence-electron chi connectivity index (χ2n) is 12.1. The van der Waals surface area contributed by atoms with Crippen molar-refractivity contribution >= 4 is 75.2 Å². The van der Waals surface area contributed by atoms with E-state index in [9.17, 15) is 9.59 Å². The number of pyridine rings is 1. The van der Waals surface area contributed by atoms with Gasteiger partial charge in [-0.15, -0.1) is 0 Å². The monoisotopic (exact) mass is 787 g/mol. The van der Waals surface area contributed by atoms with Gasteiger partial charge < -0.3 is 15.0 Å². The lowest BCUT2D eigenvalue weighted by Gasteiger charge is -2.34. The molecule has 1 saturated carbocycles. The molecule has 0 atom stereocenters. The molecular formula is C34H36Cl2IN7O3. The molecule has 0 radical (unpaired) electrons. The number of nitrogens with one attached hydrogen (secondary N) is 3. The standard InChI is InChI=1S/C34H36Cl2IN7O3/c1-22-7-9-23(10-8-22)44-29(20-27(42-44)34(21-37)14-3-2-4-15-34)41-32(45)39-25-11-12-26(31(36)30(25)35)47-24-13-16-38-28(19-24)40-33(46)43-17-5-6-18-43/h7-13,16,19-20H,2-6,14-15,17-18,21H2,1H3,(H,38,40,46)(H2,39,41,45). The van der Waals surface area contributed by atoms with Crippen LogP contribution in [0.2, 0.25) is 10.0 Å². The lowest BCUT2D eigenvalue weighted by Crippen LogP contribution is -2.32. The summed E-state index contributed by atoms with van der Waals surface area (Å²) in [5.41, 5.74) is 3.27. The molecule has 2 aromatic carbocycles. The Kier molecular flexibility index (Phi) is 10.4. The molecule has 10 nitrogen and oxygen atoms in total. The average Bonchev–Trinajstić information content (AvgIpc) is 3.77. The highest BCUT2D eigenvalue weighted by molar-refractivity contribution is 14.1. The van der Waals surface area contributed by atoms with E-state index < -0.39 is 6.03 Å². The fraction of sp³-hybridized carbons (Fsp3) is 0.353. The molecule has 1 saturated heterocycles. The number of likely N-dealkylation sites (tertiary alicyclic amines) is 1. The molecular weight excluding hydrogens is 752 g/mol. The maximum absolute atomic E-state index is 13.4. The van der Waals surface area contributed by atoms with Gasteiger partial charge in [0.2, 0.25) is 0 Å². The Morgan fingerprint density at radius 2 is 1.66 bits per heavy atom. The summed E-state index contributed by atoms with van der Waals surface area (Å²) in [7, 11) is 0. The van der Waals surface area contributed by atoms with Crippen LogP contribution in [0.3, 0.4) is 0 Å². The molecule has 0 unspecified atom stereocenters. The Hall–Kier alpha value is -3.55.